The van der Waals surface area contributed by atoms with Gasteiger partial charge >= 0.3 is 0 Å². The number of rotatable bonds is 0. The number of thiophene rings is 2. The molecular formula is C10H4I2S2. The van der Waals surface area contributed by atoms with Gasteiger partial charge in [-0.25, -0.2) is 0 Å². The van der Waals surface area contributed by atoms with E-state index >= 15 is 0 Å². The lowest BCUT2D eigenvalue weighted by molar-refractivity contribution is 1.94. The summed E-state index contributed by atoms with van der Waals surface area (Å²) in [6.07, 6.45) is 0. The summed E-state index contributed by atoms with van der Waals surface area (Å²) in [5.74, 6) is 0. The minimum absolute atomic E-state index is 1.37. The van der Waals surface area contributed by atoms with Gasteiger partial charge in [0.25, 0.3) is 0 Å². The van der Waals surface area contributed by atoms with E-state index in [1.807, 2.05) is 22.7 Å². The molecule has 4 heteroatoms. The first-order valence-electron chi connectivity index (χ1n) is 4.01. The van der Waals surface area contributed by atoms with Crippen molar-refractivity contribution in [3.8, 4) is 0 Å². The lowest BCUT2D eigenvalue weighted by Gasteiger charge is -1.90. The number of halogens is 2. The molecule has 1 aromatic carbocycles. The van der Waals surface area contributed by atoms with Gasteiger partial charge < -0.3 is 0 Å². The van der Waals surface area contributed by atoms with E-state index in [4.69, 9.17) is 0 Å². The summed E-state index contributed by atoms with van der Waals surface area (Å²) in [7, 11) is 0. The second-order valence-electron chi connectivity index (χ2n) is 3.00. The Morgan fingerprint density at radius 2 is 1.21 bits per heavy atom. The van der Waals surface area contributed by atoms with Crippen LogP contribution in [0.2, 0.25) is 0 Å². The summed E-state index contributed by atoms with van der Waals surface area (Å²) in [6, 6.07) is 8.96. The van der Waals surface area contributed by atoms with Crippen LogP contribution in [0.1, 0.15) is 0 Å². The molecule has 0 amide bonds. The fourth-order valence-corrected chi connectivity index (χ4v) is 5.44. The van der Waals surface area contributed by atoms with Gasteiger partial charge in [0, 0.05) is 0 Å². The van der Waals surface area contributed by atoms with Crippen molar-refractivity contribution < 1.29 is 0 Å². The van der Waals surface area contributed by atoms with Crippen molar-refractivity contribution >= 4 is 88.0 Å². The van der Waals surface area contributed by atoms with E-state index in [9.17, 15) is 0 Å². The predicted molar refractivity (Wildman–Crippen MR) is 82.6 cm³/mol. The zero-order valence-corrected chi connectivity index (χ0v) is 12.8. The summed E-state index contributed by atoms with van der Waals surface area (Å²) in [5, 5.41) is 2.76. The molecule has 0 N–H and O–H groups in total. The molecule has 0 fully saturated rings. The quantitative estimate of drug-likeness (QED) is 0.414. The normalized spacial score (nSPS) is 11.6. The summed E-state index contributed by atoms with van der Waals surface area (Å²) in [4.78, 5) is 0. The first-order valence-corrected chi connectivity index (χ1v) is 7.80. The van der Waals surface area contributed by atoms with Crippen molar-refractivity contribution in [3.63, 3.8) is 0 Å². The Hall–Kier alpha value is 0.600. The third-order valence-electron chi connectivity index (χ3n) is 2.11. The van der Waals surface area contributed by atoms with E-state index in [1.54, 1.807) is 0 Å². The summed E-state index contributed by atoms with van der Waals surface area (Å²) >= 11 is 8.56. The molecule has 3 aromatic rings. The molecule has 0 aliphatic heterocycles. The van der Waals surface area contributed by atoms with E-state index < -0.39 is 0 Å². The SMILES string of the molecule is Ic1cc2ccc3cc(I)sc3c2s1. The molecule has 0 atom stereocenters. The lowest BCUT2D eigenvalue weighted by Crippen LogP contribution is -1.62. The molecule has 0 bridgehead atoms. The Bertz CT molecular complexity index is 566. The van der Waals surface area contributed by atoms with Crippen LogP contribution in [0.3, 0.4) is 0 Å². The Kier molecular flexibility index (Phi) is 2.50. The van der Waals surface area contributed by atoms with Gasteiger partial charge in [0.1, 0.15) is 0 Å². The van der Waals surface area contributed by atoms with Crippen molar-refractivity contribution in [2.45, 2.75) is 0 Å². The highest BCUT2D eigenvalue weighted by atomic mass is 127. The molecule has 0 spiro atoms. The second kappa shape index (κ2) is 3.57. The number of hydrogen-bond donors (Lipinski definition) is 0. The van der Waals surface area contributed by atoms with Crippen LogP contribution in [0.4, 0.5) is 0 Å². The van der Waals surface area contributed by atoms with Crippen LogP contribution in [0.15, 0.2) is 24.3 Å². The molecule has 0 saturated heterocycles. The second-order valence-corrected chi connectivity index (χ2v) is 8.90. The molecule has 2 heterocycles. The highest BCUT2D eigenvalue weighted by Gasteiger charge is 2.06. The first-order chi connectivity index (χ1) is 6.74. The van der Waals surface area contributed by atoms with Crippen molar-refractivity contribution in [2.24, 2.45) is 0 Å². The zero-order chi connectivity index (χ0) is 9.71. The van der Waals surface area contributed by atoms with E-state index in [-0.39, 0.29) is 0 Å². The van der Waals surface area contributed by atoms with Crippen LogP contribution in [-0.2, 0) is 0 Å². The van der Waals surface area contributed by atoms with Gasteiger partial charge in [-0.1, -0.05) is 12.1 Å². The van der Waals surface area contributed by atoms with Gasteiger partial charge in [-0.15, -0.1) is 22.7 Å². The van der Waals surface area contributed by atoms with Crippen molar-refractivity contribution in [1.82, 2.24) is 0 Å². The van der Waals surface area contributed by atoms with Gasteiger partial charge in [0.15, 0.2) is 0 Å². The van der Waals surface area contributed by atoms with Crippen LogP contribution < -0.4 is 0 Å². The molecule has 0 aliphatic carbocycles. The Morgan fingerprint density at radius 3 is 1.64 bits per heavy atom. The molecule has 0 unspecified atom stereocenters. The Balaban J connectivity index is 2.58. The average molecular weight is 442 g/mol. The molecule has 2 aromatic heterocycles. The lowest BCUT2D eigenvalue weighted by atomic mass is 10.2. The summed E-state index contributed by atoms with van der Waals surface area (Å²) in [5.41, 5.74) is 0. The van der Waals surface area contributed by atoms with Crippen LogP contribution in [0.5, 0.6) is 0 Å². The fraction of sp³-hybridized carbons (Fsp3) is 0. The Morgan fingerprint density at radius 1 is 0.786 bits per heavy atom. The van der Waals surface area contributed by atoms with Gasteiger partial charge in [-0.05, 0) is 68.1 Å². The van der Waals surface area contributed by atoms with E-state index in [0.717, 1.165) is 0 Å². The molecular weight excluding hydrogens is 438 g/mol. The maximum Gasteiger partial charge on any atom is 0.0666 e. The van der Waals surface area contributed by atoms with Crippen LogP contribution in [0.25, 0.3) is 20.2 Å². The third-order valence-corrected chi connectivity index (χ3v) is 6.10. The predicted octanol–water partition coefficient (Wildman–Crippen LogP) is 5.33. The molecule has 0 radical (unpaired) electrons. The summed E-state index contributed by atoms with van der Waals surface area (Å²) in [6.45, 7) is 0. The zero-order valence-electron chi connectivity index (χ0n) is 6.88. The largest absolute Gasteiger partial charge is 0.128 e. The molecule has 14 heavy (non-hydrogen) atoms. The number of fused-ring (bicyclic) bond motifs is 3. The highest BCUT2D eigenvalue weighted by molar-refractivity contribution is 14.1. The highest BCUT2D eigenvalue weighted by Crippen LogP contribution is 2.37. The van der Waals surface area contributed by atoms with E-state index in [2.05, 4.69) is 69.4 Å². The van der Waals surface area contributed by atoms with Gasteiger partial charge in [-0.3, -0.25) is 0 Å². The smallest absolute Gasteiger partial charge is 0.0666 e. The maximum absolute atomic E-state index is 2.39. The van der Waals surface area contributed by atoms with Crippen LogP contribution in [0, 0.1) is 5.77 Å². The molecule has 0 aliphatic rings. The van der Waals surface area contributed by atoms with Crippen LogP contribution in [-0.4, -0.2) is 0 Å². The minimum atomic E-state index is 1.37. The van der Waals surface area contributed by atoms with E-state index in [0.29, 0.717) is 0 Å². The topological polar surface area (TPSA) is 0 Å². The average Bonchev–Trinajstić information content (AvgIpc) is 2.65. The summed E-state index contributed by atoms with van der Waals surface area (Å²) < 4.78 is 5.63. The standard InChI is InChI=1S/C10H4I2S2/c11-7-3-5-1-2-6-4-8(12)14-10(6)9(5)13-7/h1-4H. The van der Waals surface area contributed by atoms with Crippen molar-refractivity contribution in [2.75, 3.05) is 0 Å². The van der Waals surface area contributed by atoms with Crippen molar-refractivity contribution in [1.29, 1.82) is 0 Å². The monoisotopic (exact) mass is 442 g/mol. The van der Waals surface area contributed by atoms with Gasteiger partial charge in [-0.2, -0.15) is 0 Å². The molecule has 0 saturated carbocycles. The molecule has 3 rings (SSSR count). The molecule has 0 nitrogen and oxygen atoms in total. The van der Waals surface area contributed by atoms with Gasteiger partial charge in [0.2, 0.25) is 0 Å². The number of benzene rings is 1. The first kappa shape index (κ1) is 9.80. The maximum atomic E-state index is 2.39. The molecule has 70 valence electrons. The number of hydrogen-bond acceptors (Lipinski definition) is 2. The third kappa shape index (κ3) is 1.50. The minimum Gasteiger partial charge on any atom is -0.128 e. The van der Waals surface area contributed by atoms with Crippen molar-refractivity contribution in [3.05, 3.63) is 30.0 Å². The van der Waals surface area contributed by atoms with Gasteiger partial charge in [0.05, 0.1) is 15.2 Å². The van der Waals surface area contributed by atoms with E-state index in [1.165, 1.54) is 25.9 Å². The Labute approximate surface area is 117 Å². The fourth-order valence-electron chi connectivity index (χ4n) is 1.53. The van der Waals surface area contributed by atoms with Crippen LogP contribution >= 0.6 is 67.9 Å².